The van der Waals surface area contributed by atoms with Crippen LogP contribution < -0.4 is 20.7 Å². The Morgan fingerprint density at radius 3 is 2.84 bits per heavy atom. The number of fused-ring (bicyclic) bond motifs is 3. The van der Waals surface area contributed by atoms with Gasteiger partial charge in [-0.3, -0.25) is 0 Å². The number of H-pyrrole nitrogens is 1. The van der Waals surface area contributed by atoms with Gasteiger partial charge >= 0.3 is 6.01 Å². The summed E-state index contributed by atoms with van der Waals surface area (Å²) >= 11 is 0. The molecule has 3 aromatic heterocycles. The molecular formula is C21H23FN8O. The summed E-state index contributed by atoms with van der Waals surface area (Å²) in [6, 6.07) is 3.26. The SMILES string of the molecule is CNc1cc(F)cc2c1[nH]c1nc(Oc3cnc(C)nc3)nc(N3CCC[C@H]3CN)c12. The molecule has 0 amide bonds. The monoisotopic (exact) mass is 422 g/mol. The molecule has 1 aliphatic heterocycles. The second-order valence-electron chi connectivity index (χ2n) is 7.60. The number of hydrogen-bond donors (Lipinski definition) is 3. The lowest BCUT2D eigenvalue weighted by Crippen LogP contribution is -2.36. The number of aromatic nitrogens is 5. The van der Waals surface area contributed by atoms with Crippen molar-refractivity contribution in [2.45, 2.75) is 25.8 Å². The molecule has 0 unspecified atom stereocenters. The first-order chi connectivity index (χ1) is 15.1. The second-order valence-corrected chi connectivity index (χ2v) is 7.60. The van der Waals surface area contributed by atoms with Gasteiger partial charge in [-0.15, -0.1) is 0 Å². The fourth-order valence-electron chi connectivity index (χ4n) is 4.17. The summed E-state index contributed by atoms with van der Waals surface area (Å²) < 4.78 is 20.2. The molecule has 10 heteroatoms. The Kier molecular flexibility index (Phi) is 4.78. The molecule has 4 heterocycles. The van der Waals surface area contributed by atoms with Gasteiger partial charge in [-0.05, 0) is 31.9 Å². The van der Waals surface area contributed by atoms with Gasteiger partial charge in [-0.2, -0.15) is 9.97 Å². The van der Waals surface area contributed by atoms with Crippen molar-refractivity contribution in [3.05, 3.63) is 36.2 Å². The Hall–Kier alpha value is -3.53. The van der Waals surface area contributed by atoms with Gasteiger partial charge in [0.25, 0.3) is 0 Å². The number of ether oxygens (including phenoxy) is 1. The fraction of sp³-hybridized carbons (Fsp3) is 0.333. The van der Waals surface area contributed by atoms with Crippen molar-refractivity contribution in [3.63, 3.8) is 0 Å². The van der Waals surface area contributed by atoms with Crippen LogP contribution in [0.15, 0.2) is 24.5 Å². The van der Waals surface area contributed by atoms with E-state index in [0.717, 1.165) is 30.3 Å². The van der Waals surface area contributed by atoms with Gasteiger partial charge in [0.2, 0.25) is 0 Å². The molecule has 1 fully saturated rings. The molecule has 1 aliphatic rings. The van der Waals surface area contributed by atoms with Gasteiger partial charge in [0, 0.05) is 31.6 Å². The lowest BCUT2D eigenvalue weighted by atomic mass is 10.1. The van der Waals surface area contributed by atoms with Crippen molar-refractivity contribution in [1.82, 2.24) is 24.9 Å². The maximum Gasteiger partial charge on any atom is 0.326 e. The number of benzene rings is 1. The zero-order valence-corrected chi connectivity index (χ0v) is 17.3. The Morgan fingerprint density at radius 2 is 2.10 bits per heavy atom. The van der Waals surface area contributed by atoms with E-state index >= 15 is 0 Å². The predicted molar refractivity (Wildman–Crippen MR) is 117 cm³/mol. The summed E-state index contributed by atoms with van der Waals surface area (Å²) in [6.07, 6.45) is 5.14. The molecule has 4 N–H and O–H groups in total. The minimum Gasteiger partial charge on any atom is -0.421 e. The number of hydrogen-bond acceptors (Lipinski definition) is 8. The normalized spacial score (nSPS) is 16.4. The molecule has 1 aromatic carbocycles. The number of aromatic amines is 1. The van der Waals surface area contributed by atoms with Crippen LogP contribution >= 0.6 is 0 Å². The van der Waals surface area contributed by atoms with Gasteiger partial charge in [-0.25, -0.2) is 14.4 Å². The van der Waals surface area contributed by atoms with E-state index in [9.17, 15) is 4.39 Å². The summed E-state index contributed by atoms with van der Waals surface area (Å²) in [5.41, 5.74) is 7.99. The van der Waals surface area contributed by atoms with Crippen LogP contribution in [0.1, 0.15) is 18.7 Å². The molecule has 4 aromatic rings. The van der Waals surface area contributed by atoms with Gasteiger partial charge in [-0.1, -0.05) is 0 Å². The molecule has 31 heavy (non-hydrogen) atoms. The summed E-state index contributed by atoms with van der Waals surface area (Å²) in [7, 11) is 1.75. The van der Waals surface area contributed by atoms with Gasteiger partial charge in [0.1, 0.15) is 23.1 Å². The average molecular weight is 422 g/mol. The second kappa shape index (κ2) is 7.62. The molecule has 9 nitrogen and oxygen atoms in total. The molecule has 0 radical (unpaired) electrons. The largest absolute Gasteiger partial charge is 0.421 e. The first-order valence-electron chi connectivity index (χ1n) is 10.2. The molecule has 5 rings (SSSR count). The lowest BCUT2D eigenvalue weighted by Gasteiger charge is -2.25. The maximum absolute atomic E-state index is 14.4. The van der Waals surface area contributed by atoms with Gasteiger partial charge < -0.3 is 25.7 Å². The molecule has 1 atom stereocenters. The summed E-state index contributed by atoms with van der Waals surface area (Å²) in [4.78, 5) is 23.1. The number of anilines is 2. The summed E-state index contributed by atoms with van der Waals surface area (Å²) in [5, 5.41) is 4.50. The third-order valence-corrected chi connectivity index (χ3v) is 5.64. The lowest BCUT2D eigenvalue weighted by molar-refractivity contribution is 0.439. The van der Waals surface area contributed by atoms with Crippen molar-refractivity contribution in [1.29, 1.82) is 0 Å². The summed E-state index contributed by atoms with van der Waals surface area (Å²) in [5.74, 6) is 1.42. The molecule has 0 saturated carbocycles. The minimum absolute atomic E-state index is 0.149. The first kappa shape index (κ1) is 19.4. The number of nitrogens with two attached hydrogens (primary N) is 1. The molecular weight excluding hydrogens is 399 g/mol. The van der Waals surface area contributed by atoms with Crippen LogP contribution in [0, 0.1) is 12.7 Å². The first-order valence-corrected chi connectivity index (χ1v) is 10.2. The van der Waals surface area contributed by atoms with Crippen LogP contribution in [0.2, 0.25) is 0 Å². The maximum atomic E-state index is 14.4. The van der Waals surface area contributed by atoms with Crippen molar-refractivity contribution < 1.29 is 9.13 Å². The molecule has 1 saturated heterocycles. The van der Waals surface area contributed by atoms with Crippen LogP contribution in [0.5, 0.6) is 11.8 Å². The number of nitrogens with one attached hydrogen (secondary N) is 2. The molecule has 0 bridgehead atoms. The Morgan fingerprint density at radius 1 is 1.29 bits per heavy atom. The smallest absolute Gasteiger partial charge is 0.326 e. The highest BCUT2D eigenvalue weighted by atomic mass is 19.1. The third-order valence-electron chi connectivity index (χ3n) is 5.64. The number of aryl methyl sites for hydroxylation is 1. The number of halogens is 1. The van der Waals surface area contributed by atoms with Crippen molar-refractivity contribution in [2.75, 3.05) is 30.4 Å². The van der Waals surface area contributed by atoms with Crippen molar-refractivity contribution in [2.24, 2.45) is 5.73 Å². The van der Waals surface area contributed by atoms with E-state index < -0.39 is 0 Å². The van der Waals surface area contributed by atoms with Crippen molar-refractivity contribution >= 4 is 33.4 Å². The van der Waals surface area contributed by atoms with E-state index in [0.29, 0.717) is 40.7 Å². The van der Waals surface area contributed by atoms with Gasteiger partial charge in [0.05, 0.1) is 29.0 Å². The van der Waals surface area contributed by atoms with E-state index in [2.05, 4.69) is 30.2 Å². The zero-order chi connectivity index (χ0) is 21.5. The van der Waals surface area contributed by atoms with E-state index in [1.165, 1.54) is 12.1 Å². The van der Waals surface area contributed by atoms with Crippen LogP contribution in [0.4, 0.5) is 15.9 Å². The summed E-state index contributed by atoms with van der Waals surface area (Å²) in [6.45, 7) is 3.11. The van der Waals surface area contributed by atoms with Crippen molar-refractivity contribution in [3.8, 4) is 11.8 Å². The van der Waals surface area contributed by atoms with Crippen LogP contribution in [-0.4, -0.2) is 51.1 Å². The Labute approximate surface area is 177 Å². The van der Waals surface area contributed by atoms with Crippen LogP contribution in [-0.2, 0) is 0 Å². The average Bonchev–Trinajstić information content (AvgIpc) is 3.38. The van der Waals surface area contributed by atoms with E-state index in [1.54, 1.807) is 26.4 Å². The highest BCUT2D eigenvalue weighted by molar-refractivity contribution is 6.14. The third kappa shape index (κ3) is 3.38. The number of nitrogens with zero attached hydrogens (tertiary/aromatic N) is 5. The molecule has 0 aliphatic carbocycles. The topological polar surface area (TPSA) is 118 Å². The highest BCUT2D eigenvalue weighted by Gasteiger charge is 2.29. The predicted octanol–water partition coefficient (Wildman–Crippen LogP) is 3.11. The Bertz CT molecular complexity index is 1260. The van der Waals surface area contributed by atoms with Crippen LogP contribution in [0.3, 0.4) is 0 Å². The highest BCUT2D eigenvalue weighted by Crippen LogP contribution is 2.39. The molecule has 160 valence electrons. The molecule has 0 spiro atoms. The van der Waals surface area contributed by atoms with Gasteiger partial charge in [0.15, 0.2) is 5.75 Å². The Balaban J connectivity index is 1.73. The van der Waals surface area contributed by atoms with E-state index in [4.69, 9.17) is 15.5 Å². The standard InChI is InChI=1S/C21H23FN8O/c1-11-25-9-14(10-26-11)31-21-28-19-17(20(29-21)30-5-3-4-13(30)8-23)15-6-12(22)7-16(24-2)18(15)27-19/h6-7,9-10,13,24H,3-5,8,23H2,1-2H3,(H,27,28,29)/t13-/m0/s1. The van der Waals surface area contributed by atoms with Crippen LogP contribution in [0.25, 0.3) is 21.9 Å². The minimum atomic E-state index is -0.336. The zero-order valence-electron chi connectivity index (χ0n) is 17.3. The van der Waals surface area contributed by atoms with E-state index in [-0.39, 0.29) is 17.9 Å². The number of rotatable bonds is 5. The fourth-order valence-corrected chi connectivity index (χ4v) is 4.17. The quantitative estimate of drug-likeness (QED) is 0.449. The van der Waals surface area contributed by atoms with E-state index in [1.807, 2.05) is 0 Å².